The van der Waals surface area contributed by atoms with E-state index in [1.165, 1.54) is 0 Å². The first-order valence-corrected chi connectivity index (χ1v) is 4.70. The fourth-order valence-corrected chi connectivity index (χ4v) is 1.56. The van der Waals surface area contributed by atoms with Gasteiger partial charge in [-0.1, -0.05) is 17.7 Å². The molecule has 1 aromatic heterocycles. The lowest BCUT2D eigenvalue weighted by Crippen LogP contribution is -1.90. The summed E-state index contributed by atoms with van der Waals surface area (Å²) in [7, 11) is 0. The molecule has 0 aliphatic heterocycles. The average molecular weight is 208 g/mol. The molecular formula is C11H10ClNO. The predicted octanol–water partition coefficient (Wildman–Crippen LogP) is 3.11. The van der Waals surface area contributed by atoms with Gasteiger partial charge in [-0.15, -0.1) is 0 Å². The molecule has 2 rings (SSSR count). The number of hydrogen-bond acceptors (Lipinski definition) is 2. The van der Waals surface area contributed by atoms with Crippen LogP contribution in [0.25, 0.3) is 0 Å². The van der Waals surface area contributed by atoms with Crippen LogP contribution in [0.4, 0.5) is 5.69 Å². The predicted molar refractivity (Wildman–Crippen MR) is 57.4 cm³/mol. The van der Waals surface area contributed by atoms with E-state index in [2.05, 4.69) is 0 Å². The summed E-state index contributed by atoms with van der Waals surface area (Å²) in [5.41, 5.74) is 7.30. The number of furan rings is 1. The maximum Gasteiger partial charge on any atom is 0.108 e. The number of anilines is 1. The van der Waals surface area contributed by atoms with E-state index >= 15 is 0 Å². The number of nitrogen functional groups attached to an aromatic ring is 1. The van der Waals surface area contributed by atoms with E-state index in [-0.39, 0.29) is 0 Å². The van der Waals surface area contributed by atoms with Gasteiger partial charge in [-0.25, -0.2) is 0 Å². The Morgan fingerprint density at radius 2 is 2.14 bits per heavy atom. The van der Waals surface area contributed by atoms with Crippen LogP contribution in [0.1, 0.15) is 11.3 Å². The molecule has 14 heavy (non-hydrogen) atoms. The van der Waals surface area contributed by atoms with Gasteiger partial charge in [0.05, 0.1) is 6.26 Å². The van der Waals surface area contributed by atoms with Crippen molar-refractivity contribution in [2.75, 3.05) is 5.73 Å². The summed E-state index contributed by atoms with van der Waals surface area (Å²) in [6, 6.07) is 9.29. The normalized spacial score (nSPS) is 10.4. The first kappa shape index (κ1) is 9.16. The number of rotatable bonds is 2. The molecule has 2 N–H and O–H groups in total. The summed E-state index contributed by atoms with van der Waals surface area (Å²) < 4.78 is 5.23. The van der Waals surface area contributed by atoms with Crippen molar-refractivity contribution < 1.29 is 4.42 Å². The Bertz CT molecular complexity index is 423. The Balaban J connectivity index is 2.25. The van der Waals surface area contributed by atoms with Crippen molar-refractivity contribution in [3.8, 4) is 0 Å². The second-order valence-corrected chi connectivity index (χ2v) is 3.51. The Morgan fingerprint density at radius 3 is 2.79 bits per heavy atom. The van der Waals surface area contributed by atoms with Crippen LogP contribution in [0.2, 0.25) is 5.02 Å². The molecule has 3 heteroatoms. The van der Waals surface area contributed by atoms with Crippen molar-refractivity contribution in [2.45, 2.75) is 6.42 Å². The highest BCUT2D eigenvalue weighted by atomic mass is 35.5. The summed E-state index contributed by atoms with van der Waals surface area (Å²) in [5, 5.41) is 0.682. The van der Waals surface area contributed by atoms with Crippen LogP contribution in [-0.2, 0) is 6.42 Å². The third-order valence-corrected chi connectivity index (χ3v) is 2.37. The van der Waals surface area contributed by atoms with Crippen molar-refractivity contribution in [3.05, 3.63) is 52.9 Å². The van der Waals surface area contributed by atoms with E-state index in [1.807, 2.05) is 24.3 Å². The van der Waals surface area contributed by atoms with Gasteiger partial charge in [-0.3, -0.25) is 0 Å². The molecular weight excluding hydrogens is 198 g/mol. The lowest BCUT2D eigenvalue weighted by Gasteiger charge is -2.02. The van der Waals surface area contributed by atoms with Crippen LogP contribution >= 0.6 is 11.6 Å². The monoisotopic (exact) mass is 207 g/mol. The highest BCUT2D eigenvalue weighted by Gasteiger charge is 2.03. The Hall–Kier alpha value is -1.41. The SMILES string of the molecule is Nc1ccc(Cc2ccco2)c(Cl)c1. The first-order chi connectivity index (χ1) is 6.75. The number of hydrogen-bond donors (Lipinski definition) is 1. The lowest BCUT2D eigenvalue weighted by atomic mass is 10.1. The third-order valence-electron chi connectivity index (χ3n) is 2.02. The van der Waals surface area contributed by atoms with Gasteiger partial charge in [0.2, 0.25) is 0 Å². The standard InChI is InChI=1S/C11H10ClNO/c12-11-7-9(13)4-3-8(11)6-10-2-1-5-14-10/h1-5,7H,6,13H2. The Morgan fingerprint density at radius 1 is 1.29 bits per heavy atom. The lowest BCUT2D eigenvalue weighted by molar-refractivity contribution is 0.521. The zero-order valence-electron chi connectivity index (χ0n) is 7.53. The van der Waals surface area contributed by atoms with Crippen LogP contribution in [0.15, 0.2) is 41.0 Å². The Labute approximate surface area is 87.3 Å². The maximum atomic E-state index is 6.02. The van der Waals surface area contributed by atoms with Crippen molar-refractivity contribution >= 4 is 17.3 Å². The summed E-state index contributed by atoms with van der Waals surface area (Å²) in [6.07, 6.45) is 2.35. The minimum absolute atomic E-state index is 0.679. The summed E-state index contributed by atoms with van der Waals surface area (Å²) >= 11 is 6.02. The number of benzene rings is 1. The minimum atomic E-state index is 0.679. The smallest absolute Gasteiger partial charge is 0.108 e. The zero-order valence-corrected chi connectivity index (χ0v) is 8.29. The first-order valence-electron chi connectivity index (χ1n) is 4.32. The molecule has 1 aromatic carbocycles. The molecule has 0 atom stereocenters. The number of nitrogens with two attached hydrogens (primary N) is 1. The van der Waals surface area contributed by atoms with Gasteiger partial charge in [-0.2, -0.15) is 0 Å². The van der Waals surface area contributed by atoms with E-state index < -0.39 is 0 Å². The molecule has 0 saturated carbocycles. The quantitative estimate of drug-likeness (QED) is 0.769. The molecule has 0 unspecified atom stereocenters. The van der Waals surface area contributed by atoms with E-state index in [0.29, 0.717) is 17.1 Å². The molecule has 0 aliphatic carbocycles. The van der Waals surface area contributed by atoms with E-state index in [4.69, 9.17) is 21.8 Å². The van der Waals surface area contributed by atoms with Gasteiger partial charge in [0.25, 0.3) is 0 Å². The van der Waals surface area contributed by atoms with Gasteiger partial charge in [0, 0.05) is 17.1 Å². The van der Waals surface area contributed by atoms with E-state index in [9.17, 15) is 0 Å². The van der Waals surface area contributed by atoms with Crippen LogP contribution in [0.3, 0.4) is 0 Å². The molecule has 0 aliphatic rings. The van der Waals surface area contributed by atoms with Gasteiger partial charge in [-0.05, 0) is 29.8 Å². The van der Waals surface area contributed by atoms with Gasteiger partial charge in [0.1, 0.15) is 5.76 Å². The largest absolute Gasteiger partial charge is 0.469 e. The summed E-state index contributed by atoms with van der Waals surface area (Å²) in [5.74, 6) is 0.900. The second-order valence-electron chi connectivity index (χ2n) is 3.11. The molecule has 2 nitrogen and oxygen atoms in total. The molecule has 0 bridgehead atoms. The van der Waals surface area contributed by atoms with Crippen molar-refractivity contribution in [1.29, 1.82) is 0 Å². The van der Waals surface area contributed by atoms with E-state index in [0.717, 1.165) is 11.3 Å². The molecule has 0 amide bonds. The fourth-order valence-electron chi connectivity index (χ4n) is 1.31. The number of halogens is 1. The van der Waals surface area contributed by atoms with Gasteiger partial charge < -0.3 is 10.2 Å². The molecule has 0 saturated heterocycles. The maximum absolute atomic E-state index is 6.02. The zero-order chi connectivity index (χ0) is 9.97. The molecule has 2 aromatic rings. The van der Waals surface area contributed by atoms with Crippen molar-refractivity contribution in [1.82, 2.24) is 0 Å². The summed E-state index contributed by atoms with van der Waals surface area (Å²) in [6.45, 7) is 0. The molecule has 0 fully saturated rings. The van der Waals surface area contributed by atoms with Gasteiger partial charge in [0.15, 0.2) is 0 Å². The van der Waals surface area contributed by atoms with Crippen LogP contribution in [-0.4, -0.2) is 0 Å². The minimum Gasteiger partial charge on any atom is -0.469 e. The topological polar surface area (TPSA) is 39.2 Å². The van der Waals surface area contributed by atoms with Gasteiger partial charge >= 0.3 is 0 Å². The van der Waals surface area contributed by atoms with Crippen LogP contribution in [0, 0.1) is 0 Å². The summed E-state index contributed by atoms with van der Waals surface area (Å²) in [4.78, 5) is 0. The fraction of sp³-hybridized carbons (Fsp3) is 0.0909. The molecule has 0 spiro atoms. The molecule has 72 valence electrons. The Kier molecular flexibility index (Phi) is 2.46. The average Bonchev–Trinajstić information content (AvgIpc) is 2.62. The molecule has 1 heterocycles. The van der Waals surface area contributed by atoms with E-state index in [1.54, 1.807) is 12.3 Å². The van der Waals surface area contributed by atoms with Crippen LogP contribution in [0.5, 0.6) is 0 Å². The van der Waals surface area contributed by atoms with Crippen LogP contribution < -0.4 is 5.73 Å². The van der Waals surface area contributed by atoms with Crippen molar-refractivity contribution in [3.63, 3.8) is 0 Å². The van der Waals surface area contributed by atoms with Crippen molar-refractivity contribution in [2.24, 2.45) is 0 Å². The molecule has 0 radical (unpaired) electrons. The highest BCUT2D eigenvalue weighted by molar-refractivity contribution is 6.31. The second kappa shape index (κ2) is 3.76. The highest BCUT2D eigenvalue weighted by Crippen LogP contribution is 2.21. The third kappa shape index (κ3) is 1.91.